The lowest BCUT2D eigenvalue weighted by Gasteiger charge is -2.33. The molecule has 160 valence electrons. The van der Waals surface area contributed by atoms with E-state index < -0.39 is 0 Å². The Labute approximate surface area is 181 Å². The molecule has 4 nitrogen and oxygen atoms in total. The van der Waals surface area contributed by atoms with Gasteiger partial charge in [0.1, 0.15) is 0 Å². The van der Waals surface area contributed by atoms with Crippen molar-refractivity contribution in [3.05, 3.63) is 65.2 Å². The van der Waals surface area contributed by atoms with Gasteiger partial charge in [-0.3, -0.25) is 9.69 Å². The zero-order chi connectivity index (χ0) is 20.9. The number of carbonyl (C=O) groups excluding carboxylic acids is 1. The first kappa shape index (κ1) is 20.9. The van der Waals surface area contributed by atoms with Crippen molar-refractivity contribution in [1.82, 2.24) is 10.2 Å². The lowest BCUT2D eigenvalue weighted by atomic mass is 9.99. The van der Waals surface area contributed by atoms with Gasteiger partial charge in [0.15, 0.2) is 0 Å². The lowest BCUT2D eigenvalue weighted by Crippen LogP contribution is -2.34. The fourth-order valence-electron chi connectivity index (χ4n) is 4.72. The minimum absolute atomic E-state index is 0.0100. The predicted molar refractivity (Wildman–Crippen MR) is 124 cm³/mol. The van der Waals surface area contributed by atoms with E-state index >= 15 is 0 Å². The minimum atomic E-state index is -0.0175. The number of piperidine rings is 1. The fourth-order valence-corrected chi connectivity index (χ4v) is 4.72. The molecule has 2 fully saturated rings. The average Bonchev–Trinajstić information content (AvgIpc) is 3.27. The van der Waals surface area contributed by atoms with Crippen molar-refractivity contribution in [2.45, 2.75) is 52.1 Å². The van der Waals surface area contributed by atoms with E-state index in [1.807, 2.05) is 12.1 Å². The van der Waals surface area contributed by atoms with Gasteiger partial charge >= 0.3 is 0 Å². The molecule has 1 N–H and O–H groups in total. The first-order valence-corrected chi connectivity index (χ1v) is 11.6. The number of hydrogen-bond acceptors (Lipinski definition) is 3. The molecule has 2 aliphatic heterocycles. The molecule has 30 heavy (non-hydrogen) atoms. The van der Waals surface area contributed by atoms with Gasteiger partial charge in [-0.15, -0.1) is 0 Å². The summed E-state index contributed by atoms with van der Waals surface area (Å²) in [6.07, 6.45) is 5.20. The molecule has 2 atom stereocenters. The number of hydrogen-bond donors (Lipinski definition) is 1. The van der Waals surface area contributed by atoms with Gasteiger partial charge in [-0.05, 0) is 87.0 Å². The largest absolute Gasteiger partial charge is 0.371 e. The van der Waals surface area contributed by atoms with Crippen molar-refractivity contribution in [2.24, 2.45) is 5.92 Å². The lowest BCUT2D eigenvalue weighted by molar-refractivity contribution is 0.0940. The van der Waals surface area contributed by atoms with E-state index in [0.29, 0.717) is 0 Å². The van der Waals surface area contributed by atoms with Crippen LogP contribution < -0.4 is 10.2 Å². The number of carbonyl (C=O) groups is 1. The summed E-state index contributed by atoms with van der Waals surface area (Å²) in [7, 11) is 0. The van der Waals surface area contributed by atoms with Crippen LogP contribution in [-0.2, 0) is 6.54 Å². The van der Waals surface area contributed by atoms with Crippen LogP contribution in [0.25, 0.3) is 0 Å². The van der Waals surface area contributed by atoms with Crippen LogP contribution >= 0.6 is 0 Å². The molecule has 0 unspecified atom stereocenters. The van der Waals surface area contributed by atoms with E-state index in [1.165, 1.54) is 50.0 Å². The number of nitrogens with one attached hydrogen (secondary N) is 1. The first-order valence-electron chi connectivity index (χ1n) is 11.6. The van der Waals surface area contributed by atoms with Gasteiger partial charge in [0.2, 0.25) is 0 Å². The predicted octanol–water partition coefficient (Wildman–Crippen LogP) is 5.01. The third kappa shape index (κ3) is 5.23. The summed E-state index contributed by atoms with van der Waals surface area (Å²) in [4.78, 5) is 17.7. The quantitative estimate of drug-likeness (QED) is 0.734. The van der Waals surface area contributed by atoms with Gasteiger partial charge in [0.25, 0.3) is 5.91 Å². The second-order valence-electron chi connectivity index (χ2n) is 9.16. The summed E-state index contributed by atoms with van der Waals surface area (Å²) in [5.74, 6) is 0.752. The molecule has 0 aromatic heterocycles. The van der Waals surface area contributed by atoms with Crippen LogP contribution in [0.1, 0.15) is 67.1 Å². The maximum Gasteiger partial charge on any atom is 0.251 e. The summed E-state index contributed by atoms with van der Waals surface area (Å²) in [5.41, 5.74) is 4.44. The molecule has 2 aliphatic rings. The van der Waals surface area contributed by atoms with Crippen molar-refractivity contribution in [3.63, 3.8) is 0 Å². The summed E-state index contributed by atoms with van der Waals surface area (Å²) in [6.45, 7) is 10.0. The number of likely N-dealkylation sites (tertiary alicyclic amines) is 1. The number of rotatable bonds is 6. The van der Waals surface area contributed by atoms with Crippen LogP contribution in [0.5, 0.6) is 0 Å². The van der Waals surface area contributed by atoms with Gasteiger partial charge in [-0.2, -0.15) is 0 Å². The second kappa shape index (κ2) is 9.65. The van der Waals surface area contributed by atoms with Gasteiger partial charge in [0, 0.05) is 30.9 Å². The van der Waals surface area contributed by atoms with Crippen LogP contribution in [-0.4, -0.2) is 37.0 Å². The van der Waals surface area contributed by atoms with E-state index in [-0.39, 0.29) is 11.9 Å². The summed E-state index contributed by atoms with van der Waals surface area (Å²) in [5, 5.41) is 3.15. The molecule has 2 heterocycles. The SMILES string of the molecule is C[C@@H]1CCCN(c2ccc([C@H](C)NC(=O)c3ccc(CN4CCCC4)cc3)cc2)C1. The van der Waals surface area contributed by atoms with Gasteiger partial charge in [-0.25, -0.2) is 0 Å². The number of amides is 1. The van der Waals surface area contributed by atoms with Crippen molar-refractivity contribution < 1.29 is 4.79 Å². The van der Waals surface area contributed by atoms with Crippen molar-refractivity contribution in [3.8, 4) is 0 Å². The number of anilines is 1. The maximum atomic E-state index is 12.7. The third-order valence-corrected chi connectivity index (χ3v) is 6.58. The highest BCUT2D eigenvalue weighted by atomic mass is 16.1. The smallest absolute Gasteiger partial charge is 0.251 e. The first-order chi connectivity index (χ1) is 14.6. The maximum absolute atomic E-state index is 12.7. The van der Waals surface area contributed by atoms with Crippen LogP contribution in [0.4, 0.5) is 5.69 Å². The molecule has 0 bridgehead atoms. The highest BCUT2D eigenvalue weighted by molar-refractivity contribution is 5.94. The van der Waals surface area contributed by atoms with Crippen molar-refractivity contribution in [1.29, 1.82) is 0 Å². The Bertz CT molecular complexity index is 824. The van der Waals surface area contributed by atoms with Crippen molar-refractivity contribution >= 4 is 11.6 Å². The highest BCUT2D eigenvalue weighted by Gasteiger charge is 2.17. The Balaban J connectivity index is 1.32. The second-order valence-corrected chi connectivity index (χ2v) is 9.16. The van der Waals surface area contributed by atoms with Gasteiger partial charge in [0.05, 0.1) is 6.04 Å². The normalized spacial score (nSPS) is 20.9. The molecule has 2 aromatic carbocycles. The Kier molecular flexibility index (Phi) is 6.73. The van der Waals surface area contributed by atoms with Gasteiger partial charge in [-0.1, -0.05) is 31.2 Å². The molecule has 2 aromatic rings. The molecular formula is C26H35N3O. The summed E-state index contributed by atoms with van der Waals surface area (Å²) < 4.78 is 0. The summed E-state index contributed by atoms with van der Waals surface area (Å²) in [6, 6.07) is 16.8. The molecular weight excluding hydrogens is 370 g/mol. The standard InChI is InChI=1S/C26H35N3O/c1-20-6-5-17-29(18-20)25-13-11-23(12-14-25)21(2)27-26(30)24-9-7-22(8-10-24)19-28-15-3-4-16-28/h7-14,20-21H,3-6,15-19H2,1-2H3,(H,27,30)/t20-,21+/m1/s1. The molecule has 0 radical (unpaired) electrons. The molecule has 0 aliphatic carbocycles. The molecule has 0 spiro atoms. The van der Waals surface area contributed by atoms with Crippen LogP contribution in [0.2, 0.25) is 0 Å². The zero-order valence-electron chi connectivity index (χ0n) is 18.4. The van der Waals surface area contributed by atoms with Crippen LogP contribution in [0.15, 0.2) is 48.5 Å². The molecule has 2 saturated heterocycles. The zero-order valence-corrected chi connectivity index (χ0v) is 18.4. The Hall–Kier alpha value is -2.33. The Morgan fingerprint density at radius 1 is 1.00 bits per heavy atom. The molecule has 0 saturated carbocycles. The Morgan fingerprint density at radius 3 is 2.37 bits per heavy atom. The average molecular weight is 406 g/mol. The van der Waals surface area contributed by atoms with Gasteiger partial charge < -0.3 is 10.2 Å². The van der Waals surface area contributed by atoms with Crippen LogP contribution in [0, 0.1) is 5.92 Å². The number of benzene rings is 2. The third-order valence-electron chi connectivity index (χ3n) is 6.58. The molecule has 1 amide bonds. The molecule has 4 rings (SSSR count). The van der Waals surface area contributed by atoms with E-state index in [0.717, 1.165) is 36.7 Å². The fraction of sp³-hybridized carbons (Fsp3) is 0.500. The highest BCUT2D eigenvalue weighted by Crippen LogP contribution is 2.25. The van der Waals surface area contributed by atoms with Crippen LogP contribution in [0.3, 0.4) is 0 Å². The van der Waals surface area contributed by atoms with E-state index in [1.54, 1.807) is 0 Å². The van der Waals surface area contributed by atoms with E-state index in [9.17, 15) is 4.79 Å². The monoisotopic (exact) mass is 405 g/mol. The van der Waals surface area contributed by atoms with Crippen molar-refractivity contribution in [2.75, 3.05) is 31.1 Å². The van der Waals surface area contributed by atoms with E-state index in [4.69, 9.17) is 0 Å². The number of nitrogens with zero attached hydrogens (tertiary/aromatic N) is 2. The Morgan fingerprint density at radius 2 is 1.70 bits per heavy atom. The minimum Gasteiger partial charge on any atom is -0.371 e. The van der Waals surface area contributed by atoms with E-state index in [2.05, 4.69) is 65.4 Å². The molecule has 4 heteroatoms. The topological polar surface area (TPSA) is 35.6 Å². The summed E-state index contributed by atoms with van der Waals surface area (Å²) >= 11 is 0.